The smallest absolute Gasteiger partial charge is 0.287 e. The van der Waals surface area contributed by atoms with Crippen LogP contribution in [0.1, 0.15) is 27.2 Å². The van der Waals surface area contributed by atoms with Crippen molar-refractivity contribution in [3.63, 3.8) is 0 Å². The van der Waals surface area contributed by atoms with Gasteiger partial charge in [-0.05, 0) is 37.6 Å². The Morgan fingerprint density at radius 3 is 2.59 bits per heavy atom. The van der Waals surface area contributed by atoms with E-state index in [4.69, 9.17) is 4.42 Å². The van der Waals surface area contributed by atoms with Gasteiger partial charge < -0.3 is 9.73 Å². The number of carbonyl (C=O) groups is 1. The van der Waals surface area contributed by atoms with Crippen LogP contribution < -0.4 is 5.32 Å². The van der Waals surface area contributed by atoms with E-state index in [1.165, 1.54) is 5.56 Å². The first-order chi connectivity index (χ1) is 10.5. The van der Waals surface area contributed by atoms with Crippen molar-refractivity contribution in [2.75, 3.05) is 0 Å². The van der Waals surface area contributed by atoms with E-state index in [9.17, 15) is 4.79 Å². The lowest BCUT2D eigenvalue weighted by atomic mass is 10.1. The van der Waals surface area contributed by atoms with Crippen LogP contribution >= 0.6 is 15.9 Å². The predicted molar refractivity (Wildman–Crippen MR) is 91.0 cm³/mol. The molecule has 0 saturated heterocycles. The van der Waals surface area contributed by atoms with E-state index in [-0.39, 0.29) is 5.91 Å². The summed E-state index contributed by atoms with van der Waals surface area (Å²) in [7, 11) is 0. The van der Waals surface area contributed by atoms with E-state index >= 15 is 0 Å². The summed E-state index contributed by atoms with van der Waals surface area (Å²) in [6, 6.07) is 13.8. The first-order valence-corrected chi connectivity index (χ1v) is 7.86. The van der Waals surface area contributed by atoms with Crippen LogP contribution in [0.15, 0.2) is 51.4 Å². The molecular formula is C18H16BrNO2. The second-order valence-corrected chi connectivity index (χ2v) is 6.28. The zero-order valence-corrected chi connectivity index (χ0v) is 14.0. The molecule has 0 fully saturated rings. The number of furan rings is 1. The lowest BCUT2D eigenvalue weighted by Crippen LogP contribution is -2.22. The lowest BCUT2D eigenvalue weighted by Gasteiger charge is -2.04. The Bertz CT molecular complexity index is 834. The monoisotopic (exact) mass is 357 g/mol. The summed E-state index contributed by atoms with van der Waals surface area (Å²) in [4.78, 5) is 12.3. The van der Waals surface area contributed by atoms with Gasteiger partial charge in [-0.1, -0.05) is 45.8 Å². The molecule has 0 bridgehead atoms. The molecule has 4 heteroatoms. The number of carbonyl (C=O) groups excluding carboxylic acids is 1. The molecule has 0 aliphatic rings. The van der Waals surface area contributed by atoms with Crippen LogP contribution in [0.25, 0.3) is 11.0 Å². The molecule has 0 aliphatic carbocycles. The van der Waals surface area contributed by atoms with Crippen LogP contribution in [0.2, 0.25) is 0 Å². The third-order valence-corrected chi connectivity index (χ3v) is 4.17. The van der Waals surface area contributed by atoms with Crippen LogP contribution in [0.3, 0.4) is 0 Å². The standard InChI is InChI=1S/C18H16BrNO2/c1-11-3-5-13(6-4-11)10-20-18(21)17-12(2)15-9-14(19)7-8-16(15)22-17/h3-9H,10H2,1-2H3,(H,20,21). The fraction of sp³-hybridized carbons (Fsp3) is 0.167. The van der Waals surface area contributed by atoms with Crippen molar-refractivity contribution in [2.45, 2.75) is 20.4 Å². The van der Waals surface area contributed by atoms with Crippen LogP contribution in [0.4, 0.5) is 0 Å². The highest BCUT2D eigenvalue weighted by Gasteiger charge is 2.17. The molecule has 0 radical (unpaired) electrons. The van der Waals surface area contributed by atoms with Gasteiger partial charge in [0.25, 0.3) is 5.91 Å². The number of hydrogen-bond acceptors (Lipinski definition) is 2. The molecule has 1 N–H and O–H groups in total. The van der Waals surface area contributed by atoms with E-state index in [1.807, 2.05) is 56.3 Å². The number of rotatable bonds is 3. The summed E-state index contributed by atoms with van der Waals surface area (Å²) in [5.41, 5.74) is 3.85. The van der Waals surface area contributed by atoms with E-state index in [0.29, 0.717) is 12.3 Å². The largest absolute Gasteiger partial charge is 0.451 e. The number of halogens is 1. The van der Waals surface area contributed by atoms with Crippen LogP contribution in [0, 0.1) is 13.8 Å². The van der Waals surface area contributed by atoms with Gasteiger partial charge in [0.05, 0.1) is 0 Å². The van der Waals surface area contributed by atoms with Crippen LogP contribution in [0.5, 0.6) is 0 Å². The number of benzene rings is 2. The number of amides is 1. The Balaban J connectivity index is 1.80. The molecule has 1 heterocycles. The first kappa shape index (κ1) is 14.9. The maximum absolute atomic E-state index is 12.3. The Labute approximate surface area is 137 Å². The van der Waals surface area contributed by atoms with Gasteiger partial charge in [-0.2, -0.15) is 0 Å². The van der Waals surface area contributed by atoms with Gasteiger partial charge in [0.1, 0.15) is 5.58 Å². The maximum atomic E-state index is 12.3. The fourth-order valence-corrected chi connectivity index (χ4v) is 2.74. The van der Waals surface area contributed by atoms with Gasteiger partial charge >= 0.3 is 0 Å². The highest BCUT2D eigenvalue weighted by Crippen LogP contribution is 2.28. The van der Waals surface area contributed by atoms with Crippen molar-refractivity contribution < 1.29 is 9.21 Å². The van der Waals surface area contributed by atoms with Crippen molar-refractivity contribution in [3.05, 3.63) is 69.4 Å². The van der Waals surface area contributed by atoms with Crippen molar-refractivity contribution in [1.29, 1.82) is 0 Å². The Hall–Kier alpha value is -2.07. The molecule has 0 spiro atoms. The third kappa shape index (κ3) is 2.92. The predicted octanol–water partition coefficient (Wildman–Crippen LogP) is 4.74. The van der Waals surface area contributed by atoms with Crippen molar-refractivity contribution in [2.24, 2.45) is 0 Å². The Morgan fingerprint density at radius 1 is 1.14 bits per heavy atom. The molecule has 1 aromatic heterocycles. The molecule has 3 nitrogen and oxygen atoms in total. The maximum Gasteiger partial charge on any atom is 0.287 e. The number of nitrogens with one attached hydrogen (secondary N) is 1. The summed E-state index contributed by atoms with van der Waals surface area (Å²) >= 11 is 3.44. The van der Waals surface area contributed by atoms with E-state index < -0.39 is 0 Å². The van der Waals surface area contributed by atoms with E-state index in [1.54, 1.807) is 0 Å². The summed E-state index contributed by atoms with van der Waals surface area (Å²) in [6.07, 6.45) is 0. The Morgan fingerprint density at radius 2 is 1.86 bits per heavy atom. The van der Waals surface area contributed by atoms with Crippen LogP contribution in [-0.4, -0.2) is 5.91 Å². The topological polar surface area (TPSA) is 42.2 Å². The van der Waals surface area contributed by atoms with Crippen molar-refractivity contribution in [3.8, 4) is 0 Å². The molecule has 0 unspecified atom stereocenters. The second kappa shape index (κ2) is 5.97. The summed E-state index contributed by atoms with van der Waals surface area (Å²) in [5, 5.41) is 3.86. The van der Waals surface area contributed by atoms with Crippen molar-refractivity contribution in [1.82, 2.24) is 5.32 Å². The SMILES string of the molecule is Cc1ccc(CNC(=O)c2oc3ccc(Br)cc3c2C)cc1. The molecule has 3 rings (SSSR count). The van der Waals surface area contributed by atoms with Gasteiger partial charge in [0, 0.05) is 22.0 Å². The van der Waals surface area contributed by atoms with Gasteiger partial charge in [-0.15, -0.1) is 0 Å². The Kier molecular flexibility index (Phi) is 4.03. The van der Waals surface area contributed by atoms with Gasteiger partial charge in [0.2, 0.25) is 0 Å². The molecule has 0 saturated carbocycles. The summed E-state index contributed by atoms with van der Waals surface area (Å²) in [6.45, 7) is 4.43. The molecule has 3 aromatic rings. The highest BCUT2D eigenvalue weighted by molar-refractivity contribution is 9.10. The zero-order valence-electron chi connectivity index (χ0n) is 12.4. The second-order valence-electron chi connectivity index (χ2n) is 5.36. The van der Waals surface area contributed by atoms with E-state index in [2.05, 4.69) is 21.2 Å². The summed E-state index contributed by atoms with van der Waals surface area (Å²) < 4.78 is 6.66. The van der Waals surface area contributed by atoms with Crippen molar-refractivity contribution >= 4 is 32.8 Å². The van der Waals surface area contributed by atoms with E-state index in [0.717, 1.165) is 26.6 Å². The lowest BCUT2D eigenvalue weighted by molar-refractivity contribution is 0.0924. The number of hydrogen-bond donors (Lipinski definition) is 1. The molecule has 0 aliphatic heterocycles. The zero-order chi connectivity index (χ0) is 15.7. The van der Waals surface area contributed by atoms with Gasteiger partial charge in [-0.25, -0.2) is 0 Å². The quantitative estimate of drug-likeness (QED) is 0.735. The minimum atomic E-state index is -0.189. The average Bonchev–Trinajstić information content (AvgIpc) is 2.83. The average molecular weight is 358 g/mol. The van der Waals surface area contributed by atoms with Gasteiger partial charge in [0.15, 0.2) is 5.76 Å². The fourth-order valence-electron chi connectivity index (χ4n) is 2.38. The molecule has 112 valence electrons. The molecule has 2 aromatic carbocycles. The summed E-state index contributed by atoms with van der Waals surface area (Å²) in [5.74, 6) is 0.186. The first-order valence-electron chi connectivity index (χ1n) is 7.07. The number of fused-ring (bicyclic) bond motifs is 1. The highest BCUT2D eigenvalue weighted by atomic mass is 79.9. The number of aryl methyl sites for hydroxylation is 2. The van der Waals surface area contributed by atoms with Gasteiger partial charge in [-0.3, -0.25) is 4.79 Å². The normalized spacial score (nSPS) is 10.9. The van der Waals surface area contributed by atoms with Crippen LogP contribution in [-0.2, 0) is 6.54 Å². The molecule has 22 heavy (non-hydrogen) atoms. The minimum absolute atomic E-state index is 0.189. The molecule has 0 atom stereocenters. The minimum Gasteiger partial charge on any atom is -0.451 e. The molecule has 1 amide bonds. The molecular weight excluding hydrogens is 342 g/mol. The third-order valence-electron chi connectivity index (χ3n) is 3.68.